The molecule has 0 bridgehead atoms. The van der Waals surface area contributed by atoms with Crippen LogP contribution in [0.5, 0.6) is 0 Å². The average Bonchev–Trinajstić information content (AvgIpc) is 2.53. The molecular weight excluding hydrogens is 278 g/mol. The number of hydrazine groups is 1. The number of aliphatic carboxylic acids is 1. The van der Waals surface area contributed by atoms with Gasteiger partial charge < -0.3 is 9.84 Å². The number of hydrazone groups is 2. The van der Waals surface area contributed by atoms with Crippen molar-refractivity contribution in [3.05, 3.63) is 35.4 Å². The maximum Gasteiger partial charge on any atom is 0.451 e. The van der Waals surface area contributed by atoms with Gasteiger partial charge in [-0.1, -0.05) is 17.3 Å². The Labute approximate surface area is 118 Å². The highest BCUT2D eigenvalue weighted by Crippen LogP contribution is 2.10. The Morgan fingerprint density at radius 1 is 1.38 bits per heavy atom. The topological polar surface area (TPSA) is 127 Å². The van der Waals surface area contributed by atoms with Gasteiger partial charge in [-0.05, 0) is 12.1 Å². The summed E-state index contributed by atoms with van der Waals surface area (Å²) in [6, 6.07) is 7.97. The van der Waals surface area contributed by atoms with Gasteiger partial charge in [0, 0.05) is 5.56 Å². The van der Waals surface area contributed by atoms with Crippen LogP contribution < -0.4 is 5.53 Å². The summed E-state index contributed by atoms with van der Waals surface area (Å²) in [5, 5.41) is 26.0. The van der Waals surface area contributed by atoms with Crippen molar-refractivity contribution in [2.75, 3.05) is 7.11 Å². The number of carbonyl (C=O) groups is 2. The standard InChI is InChI=1S/C12H9N5O4/c1-21-12(20)17-15-9(10(11(18)19)14-16-17)8-4-2-7(6-13)3-5-8/h2-5,16H,1H3,(H,18,19). The second-order valence-electron chi connectivity index (χ2n) is 3.79. The number of hydrogen-bond donors (Lipinski definition) is 2. The molecule has 1 aromatic rings. The number of methoxy groups -OCH3 is 1. The Morgan fingerprint density at radius 2 is 2.05 bits per heavy atom. The first-order valence-electron chi connectivity index (χ1n) is 5.61. The van der Waals surface area contributed by atoms with Gasteiger partial charge in [0.1, 0.15) is 5.71 Å². The molecule has 1 amide bonds. The molecule has 21 heavy (non-hydrogen) atoms. The largest absolute Gasteiger partial charge is 0.476 e. The van der Waals surface area contributed by atoms with Crippen LogP contribution in [0.15, 0.2) is 34.5 Å². The lowest BCUT2D eigenvalue weighted by Gasteiger charge is -2.20. The van der Waals surface area contributed by atoms with Crippen LogP contribution in [0.25, 0.3) is 0 Å². The third kappa shape index (κ3) is 2.79. The third-order valence-corrected chi connectivity index (χ3v) is 2.52. The van der Waals surface area contributed by atoms with E-state index >= 15 is 0 Å². The Balaban J connectivity index is 2.44. The second kappa shape index (κ2) is 5.70. The number of carboxylic acids is 1. The van der Waals surface area contributed by atoms with Gasteiger partial charge in [0.2, 0.25) is 0 Å². The molecule has 0 aliphatic carbocycles. The molecule has 0 radical (unpaired) electrons. The zero-order valence-electron chi connectivity index (χ0n) is 10.8. The van der Waals surface area contributed by atoms with E-state index in [1.807, 2.05) is 6.07 Å². The zero-order valence-corrected chi connectivity index (χ0v) is 10.8. The predicted molar refractivity (Wildman–Crippen MR) is 70.1 cm³/mol. The number of amides is 1. The van der Waals surface area contributed by atoms with Crippen LogP contribution in [0, 0.1) is 11.3 Å². The third-order valence-electron chi connectivity index (χ3n) is 2.52. The van der Waals surface area contributed by atoms with Crippen molar-refractivity contribution < 1.29 is 19.4 Å². The Morgan fingerprint density at radius 3 is 2.57 bits per heavy atom. The summed E-state index contributed by atoms with van der Waals surface area (Å²) < 4.78 is 4.46. The van der Waals surface area contributed by atoms with Crippen LogP contribution in [-0.2, 0) is 9.53 Å². The fraction of sp³-hybridized carbons (Fsp3) is 0.0833. The van der Waals surface area contributed by atoms with Crippen molar-refractivity contribution in [1.29, 1.82) is 5.26 Å². The summed E-state index contributed by atoms with van der Waals surface area (Å²) in [6.45, 7) is 0. The van der Waals surface area contributed by atoms with Gasteiger partial charge in [-0.25, -0.2) is 9.59 Å². The second-order valence-corrected chi connectivity index (χ2v) is 3.79. The Bertz CT molecular complexity index is 687. The molecular formula is C12H9N5O4. The fourth-order valence-corrected chi connectivity index (χ4v) is 1.53. The Hall–Kier alpha value is -3.41. The predicted octanol–water partition coefficient (Wildman–Crippen LogP) is 0.290. The first-order valence-corrected chi connectivity index (χ1v) is 5.61. The molecule has 0 atom stereocenters. The number of carbonyl (C=O) groups excluding carboxylic acids is 1. The molecule has 9 heteroatoms. The number of benzene rings is 1. The van der Waals surface area contributed by atoms with E-state index in [1.54, 1.807) is 0 Å². The van der Waals surface area contributed by atoms with Gasteiger partial charge in [0.05, 0.1) is 18.7 Å². The van der Waals surface area contributed by atoms with Crippen LogP contribution in [0.4, 0.5) is 4.79 Å². The van der Waals surface area contributed by atoms with E-state index in [0.717, 1.165) is 7.11 Å². The molecule has 9 nitrogen and oxygen atoms in total. The number of ether oxygens (including phenoxy) is 1. The van der Waals surface area contributed by atoms with Crippen LogP contribution >= 0.6 is 0 Å². The van der Waals surface area contributed by atoms with Crippen LogP contribution in [0.2, 0.25) is 0 Å². The molecule has 0 spiro atoms. The summed E-state index contributed by atoms with van der Waals surface area (Å²) in [5.74, 6) is -1.31. The molecule has 1 aromatic carbocycles. The van der Waals surface area contributed by atoms with E-state index in [0.29, 0.717) is 16.2 Å². The van der Waals surface area contributed by atoms with Gasteiger partial charge in [-0.15, -0.1) is 10.2 Å². The van der Waals surface area contributed by atoms with E-state index < -0.39 is 12.1 Å². The monoisotopic (exact) mass is 287 g/mol. The molecule has 106 valence electrons. The zero-order chi connectivity index (χ0) is 15.4. The molecule has 1 heterocycles. The summed E-state index contributed by atoms with van der Waals surface area (Å²) in [5.41, 5.74) is 2.56. The average molecular weight is 287 g/mol. The fourth-order valence-electron chi connectivity index (χ4n) is 1.53. The first kappa shape index (κ1) is 14.0. The lowest BCUT2D eigenvalue weighted by Crippen LogP contribution is -2.44. The summed E-state index contributed by atoms with van der Waals surface area (Å²) in [4.78, 5) is 22.6. The van der Waals surface area contributed by atoms with Crippen molar-refractivity contribution in [3.8, 4) is 6.07 Å². The van der Waals surface area contributed by atoms with E-state index in [2.05, 4.69) is 20.5 Å². The molecule has 0 fully saturated rings. The van der Waals surface area contributed by atoms with Gasteiger partial charge in [-0.3, -0.25) is 0 Å². The minimum Gasteiger partial charge on any atom is -0.476 e. The van der Waals surface area contributed by atoms with Crippen LogP contribution in [0.1, 0.15) is 11.1 Å². The number of rotatable bonds is 2. The quantitative estimate of drug-likeness (QED) is 0.804. The highest BCUT2D eigenvalue weighted by molar-refractivity contribution is 6.68. The molecule has 0 saturated heterocycles. The van der Waals surface area contributed by atoms with E-state index in [1.165, 1.54) is 24.3 Å². The molecule has 1 aliphatic heterocycles. The molecule has 2 N–H and O–H groups in total. The van der Waals surface area contributed by atoms with Crippen molar-refractivity contribution in [2.45, 2.75) is 0 Å². The number of hydrogen-bond acceptors (Lipinski definition) is 7. The number of nitrogens with zero attached hydrogens (tertiary/aromatic N) is 4. The normalized spacial score (nSPS) is 13.4. The summed E-state index contributed by atoms with van der Waals surface area (Å²) in [7, 11) is 1.15. The van der Waals surface area contributed by atoms with Crippen molar-refractivity contribution in [1.82, 2.24) is 10.7 Å². The van der Waals surface area contributed by atoms with Crippen LogP contribution in [-0.4, -0.2) is 40.8 Å². The maximum absolute atomic E-state index is 11.4. The van der Waals surface area contributed by atoms with Gasteiger partial charge in [0.25, 0.3) is 0 Å². The molecule has 1 aliphatic rings. The van der Waals surface area contributed by atoms with Gasteiger partial charge in [0.15, 0.2) is 5.71 Å². The van der Waals surface area contributed by atoms with E-state index in [9.17, 15) is 9.59 Å². The van der Waals surface area contributed by atoms with Crippen molar-refractivity contribution >= 4 is 23.5 Å². The molecule has 2 rings (SSSR count). The minimum absolute atomic E-state index is 0.0314. The number of carboxylic acid groups (broad SMARTS) is 1. The van der Waals surface area contributed by atoms with E-state index in [4.69, 9.17) is 10.4 Å². The Kier molecular flexibility index (Phi) is 3.80. The van der Waals surface area contributed by atoms with E-state index in [-0.39, 0.29) is 11.4 Å². The molecule has 0 unspecified atom stereocenters. The maximum atomic E-state index is 11.4. The number of nitrogens with one attached hydrogen (secondary N) is 1. The van der Waals surface area contributed by atoms with Gasteiger partial charge >= 0.3 is 12.1 Å². The number of nitriles is 1. The van der Waals surface area contributed by atoms with Crippen molar-refractivity contribution in [3.63, 3.8) is 0 Å². The smallest absolute Gasteiger partial charge is 0.451 e. The van der Waals surface area contributed by atoms with Crippen LogP contribution in [0.3, 0.4) is 0 Å². The highest BCUT2D eigenvalue weighted by atomic mass is 16.6. The van der Waals surface area contributed by atoms with Crippen molar-refractivity contribution in [2.24, 2.45) is 10.2 Å². The molecule has 0 saturated carbocycles. The summed E-state index contributed by atoms with van der Waals surface area (Å²) >= 11 is 0. The SMILES string of the molecule is COC(=O)N1N=C(c2ccc(C#N)cc2)C(C(=O)O)=NN1. The lowest BCUT2D eigenvalue weighted by molar-refractivity contribution is -0.129. The lowest BCUT2D eigenvalue weighted by atomic mass is 10.0. The minimum atomic E-state index is -1.31. The summed E-state index contributed by atoms with van der Waals surface area (Å²) in [6.07, 6.45) is -0.852. The van der Waals surface area contributed by atoms with Gasteiger partial charge in [-0.2, -0.15) is 10.8 Å². The first-order chi connectivity index (χ1) is 10.1. The molecule has 0 aromatic heterocycles. The highest BCUT2D eigenvalue weighted by Gasteiger charge is 2.27.